The van der Waals surface area contributed by atoms with Crippen LogP contribution in [0.3, 0.4) is 0 Å². The fourth-order valence-corrected chi connectivity index (χ4v) is 2.19. The molecular formula is C8H17B. The molecule has 52 valence electrons. The van der Waals surface area contributed by atoms with Crippen molar-refractivity contribution in [2.75, 3.05) is 0 Å². The second-order valence-electron chi connectivity index (χ2n) is 3.27. The molecule has 1 heteroatoms. The molecule has 1 rings (SSSR count). The third kappa shape index (κ3) is 1.50. The summed E-state index contributed by atoms with van der Waals surface area (Å²) in [5.74, 6) is 1.08. The zero-order valence-electron chi connectivity index (χ0n) is 6.69. The molecule has 1 aliphatic rings. The van der Waals surface area contributed by atoms with Crippen LogP contribution in [0.2, 0.25) is 18.5 Å². The quantitative estimate of drug-likeness (QED) is 0.496. The van der Waals surface area contributed by atoms with E-state index in [1.807, 2.05) is 0 Å². The molecule has 9 heavy (non-hydrogen) atoms. The van der Waals surface area contributed by atoms with Crippen molar-refractivity contribution in [2.24, 2.45) is 0 Å². The Morgan fingerprint density at radius 1 is 1.44 bits per heavy atom. The maximum atomic E-state index is 2.33. The topological polar surface area (TPSA) is 0 Å². The van der Waals surface area contributed by atoms with Crippen LogP contribution >= 0.6 is 0 Å². The van der Waals surface area contributed by atoms with Gasteiger partial charge in [0.05, 0.1) is 0 Å². The third-order valence-corrected chi connectivity index (χ3v) is 2.87. The first-order valence-corrected chi connectivity index (χ1v) is 4.38. The lowest BCUT2D eigenvalue weighted by atomic mass is 9.40. The molecule has 0 radical (unpaired) electrons. The van der Waals surface area contributed by atoms with Crippen molar-refractivity contribution in [1.82, 2.24) is 0 Å². The summed E-state index contributed by atoms with van der Waals surface area (Å²) >= 11 is 0. The summed E-state index contributed by atoms with van der Waals surface area (Å²) in [6.07, 6.45) is 7.35. The van der Waals surface area contributed by atoms with Crippen molar-refractivity contribution >= 4 is 6.71 Å². The molecule has 0 aromatic rings. The second-order valence-corrected chi connectivity index (χ2v) is 3.27. The van der Waals surface area contributed by atoms with Crippen LogP contribution in [0.15, 0.2) is 0 Å². The van der Waals surface area contributed by atoms with Crippen molar-refractivity contribution in [3.8, 4) is 0 Å². The van der Waals surface area contributed by atoms with E-state index in [4.69, 9.17) is 0 Å². The van der Waals surface area contributed by atoms with Gasteiger partial charge in [0.2, 0.25) is 0 Å². The predicted molar refractivity (Wildman–Crippen MR) is 44.3 cm³/mol. The van der Waals surface area contributed by atoms with Crippen LogP contribution in [-0.2, 0) is 0 Å². The summed E-state index contributed by atoms with van der Waals surface area (Å²) in [5.41, 5.74) is 0. The Balaban J connectivity index is 2.32. The summed E-state index contributed by atoms with van der Waals surface area (Å²) in [6.45, 7) is 5.74. The van der Waals surface area contributed by atoms with Gasteiger partial charge in [-0.25, -0.2) is 0 Å². The summed E-state index contributed by atoms with van der Waals surface area (Å²) in [6, 6.07) is 0. The molecule has 0 N–H and O–H groups in total. The highest BCUT2D eigenvalue weighted by atomic mass is 14.1. The molecule has 0 aromatic carbocycles. The van der Waals surface area contributed by atoms with E-state index in [2.05, 4.69) is 13.8 Å². The van der Waals surface area contributed by atoms with E-state index < -0.39 is 0 Å². The molecule has 0 spiro atoms. The second kappa shape index (κ2) is 3.29. The largest absolute Gasteiger partial charge is 0.142 e. The van der Waals surface area contributed by atoms with E-state index in [1.54, 1.807) is 0 Å². The van der Waals surface area contributed by atoms with Gasteiger partial charge in [-0.1, -0.05) is 51.6 Å². The van der Waals surface area contributed by atoms with Gasteiger partial charge in [-0.05, 0) is 0 Å². The van der Waals surface area contributed by atoms with E-state index >= 15 is 0 Å². The SMILES string of the molecule is CCB1CCCC1CC. The molecule has 1 atom stereocenters. The van der Waals surface area contributed by atoms with Crippen molar-refractivity contribution in [3.05, 3.63) is 0 Å². The summed E-state index contributed by atoms with van der Waals surface area (Å²) < 4.78 is 0. The van der Waals surface area contributed by atoms with Crippen molar-refractivity contribution < 1.29 is 0 Å². The molecule has 0 nitrogen and oxygen atoms in total. The van der Waals surface area contributed by atoms with Gasteiger partial charge in [-0.3, -0.25) is 0 Å². The predicted octanol–water partition coefficient (Wildman–Crippen LogP) is 3.08. The van der Waals surface area contributed by atoms with Crippen molar-refractivity contribution in [1.29, 1.82) is 0 Å². The van der Waals surface area contributed by atoms with Gasteiger partial charge < -0.3 is 0 Å². The molecule has 0 saturated carbocycles. The maximum Gasteiger partial charge on any atom is 0.142 e. The van der Waals surface area contributed by atoms with Gasteiger partial charge in [0.1, 0.15) is 6.71 Å². The maximum absolute atomic E-state index is 2.33. The molecule has 1 heterocycles. The van der Waals surface area contributed by atoms with E-state index in [1.165, 1.54) is 31.9 Å². The average Bonchev–Trinajstić information content (AvgIpc) is 2.33. The first-order chi connectivity index (χ1) is 4.38. The van der Waals surface area contributed by atoms with Gasteiger partial charge in [-0.15, -0.1) is 0 Å². The Morgan fingerprint density at radius 2 is 2.22 bits per heavy atom. The molecule has 1 saturated heterocycles. The zero-order valence-corrected chi connectivity index (χ0v) is 6.69. The van der Waals surface area contributed by atoms with Crippen LogP contribution in [0.1, 0.15) is 33.1 Å². The van der Waals surface area contributed by atoms with Gasteiger partial charge in [0.15, 0.2) is 0 Å². The van der Waals surface area contributed by atoms with Gasteiger partial charge in [0, 0.05) is 0 Å². The Bertz CT molecular complexity index is 70.6. The van der Waals surface area contributed by atoms with Crippen LogP contribution in [0, 0.1) is 0 Å². The Labute approximate surface area is 59.1 Å². The average molecular weight is 124 g/mol. The fraction of sp³-hybridized carbons (Fsp3) is 1.00. The van der Waals surface area contributed by atoms with Crippen LogP contribution < -0.4 is 0 Å². The lowest BCUT2D eigenvalue weighted by molar-refractivity contribution is 0.736. The van der Waals surface area contributed by atoms with Crippen LogP contribution in [0.5, 0.6) is 0 Å². The standard InChI is InChI=1S/C8H17B/c1-3-8-6-5-7-9(8)4-2/h8H,3-7H2,1-2H3. The highest BCUT2D eigenvalue weighted by molar-refractivity contribution is 6.61. The zero-order chi connectivity index (χ0) is 6.69. The highest BCUT2D eigenvalue weighted by Gasteiger charge is 2.26. The monoisotopic (exact) mass is 124 g/mol. The van der Waals surface area contributed by atoms with Gasteiger partial charge >= 0.3 is 0 Å². The normalized spacial score (nSPS) is 27.3. The smallest absolute Gasteiger partial charge is 0.0768 e. The van der Waals surface area contributed by atoms with Gasteiger partial charge in [-0.2, -0.15) is 0 Å². The molecule has 1 aliphatic heterocycles. The molecule has 1 unspecified atom stereocenters. The van der Waals surface area contributed by atoms with Crippen LogP contribution in [0.25, 0.3) is 0 Å². The minimum Gasteiger partial charge on any atom is -0.0768 e. The number of hydrogen-bond donors (Lipinski definition) is 0. The molecule has 0 aliphatic carbocycles. The first-order valence-electron chi connectivity index (χ1n) is 4.38. The van der Waals surface area contributed by atoms with E-state index in [0.29, 0.717) is 0 Å². The molecule has 1 fully saturated rings. The van der Waals surface area contributed by atoms with Gasteiger partial charge in [0.25, 0.3) is 0 Å². The third-order valence-electron chi connectivity index (χ3n) is 2.87. The van der Waals surface area contributed by atoms with Crippen LogP contribution in [-0.4, -0.2) is 6.71 Å². The minimum atomic E-state index is 1.08. The summed E-state index contributed by atoms with van der Waals surface area (Å²) in [5, 5.41) is 0. The molecule has 0 aromatic heterocycles. The lowest BCUT2D eigenvalue weighted by Gasteiger charge is -2.10. The van der Waals surface area contributed by atoms with E-state index in [0.717, 1.165) is 12.5 Å². The molecule has 0 amide bonds. The minimum absolute atomic E-state index is 1.08. The molecular weight excluding hydrogens is 107 g/mol. The molecule has 0 bridgehead atoms. The van der Waals surface area contributed by atoms with Crippen LogP contribution in [0.4, 0.5) is 0 Å². The number of rotatable bonds is 2. The lowest BCUT2D eigenvalue weighted by Crippen LogP contribution is -2.11. The van der Waals surface area contributed by atoms with E-state index in [9.17, 15) is 0 Å². The first kappa shape index (κ1) is 7.18. The number of hydrogen-bond acceptors (Lipinski definition) is 0. The fourth-order valence-electron chi connectivity index (χ4n) is 2.19. The Hall–Kier alpha value is 0.0649. The van der Waals surface area contributed by atoms with Crippen molar-refractivity contribution in [3.63, 3.8) is 0 Å². The Kier molecular flexibility index (Phi) is 2.62. The Morgan fingerprint density at radius 3 is 2.67 bits per heavy atom. The van der Waals surface area contributed by atoms with E-state index in [-0.39, 0.29) is 0 Å². The summed E-state index contributed by atoms with van der Waals surface area (Å²) in [7, 11) is 0. The highest BCUT2D eigenvalue weighted by Crippen LogP contribution is 2.34. The van der Waals surface area contributed by atoms with Crippen molar-refractivity contribution in [2.45, 2.75) is 51.6 Å². The summed E-state index contributed by atoms with van der Waals surface area (Å²) in [4.78, 5) is 0.